The van der Waals surface area contributed by atoms with Gasteiger partial charge < -0.3 is 14.4 Å². The second-order valence-electron chi connectivity index (χ2n) is 5.52. The highest BCUT2D eigenvalue weighted by Gasteiger charge is 2.35. The second-order valence-corrected chi connectivity index (χ2v) is 5.52. The third-order valence-corrected chi connectivity index (χ3v) is 3.68. The van der Waals surface area contributed by atoms with Gasteiger partial charge in [0.05, 0.1) is 19.9 Å². The van der Waals surface area contributed by atoms with E-state index in [4.69, 9.17) is 9.47 Å². The Morgan fingerprint density at radius 3 is 2.53 bits per heavy atom. The summed E-state index contributed by atoms with van der Waals surface area (Å²) in [4.78, 5) is 14.1. The van der Waals surface area contributed by atoms with Crippen molar-refractivity contribution in [1.82, 2.24) is 0 Å². The van der Waals surface area contributed by atoms with Crippen LogP contribution in [0.1, 0.15) is 20.3 Å². The van der Waals surface area contributed by atoms with Gasteiger partial charge in [0.2, 0.25) is 0 Å². The number of rotatable bonds is 3. The fraction of sp³-hybridized carbons (Fsp3) is 0.533. The topological polar surface area (TPSA) is 38.8 Å². The van der Waals surface area contributed by atoms with Crippen LogP contribution in [0.3, 0.4) is 0 Å². The first kappa shape index (κ1) is 13.7. The quantitative estimate of drug-likeness (QED) is 0.840. The number of ketones is 1. The molecule has 2 rings (SSSR count). The monoisotopic (exact) mass is 263 g/mol. The predicted molar refractivity (Wildman–Crippen MR) is 75.2 cm³/mol. The van der Waals surface area contributed by atoms with Crippen LogP contribution in [0, 0.1) is 5.41 Å². The van der Waals surface area contributed by atoms with Crippen LogP contribution in [0.25, 0.3) is 0 Å². The molecule has 1 aliphatic heterocycles. The number of ether oxygens (including phenoxy) is 2. The van der Waals surface area contributed by atoms with E-state index in [1.54, 1.807) is 14.2 Å². The minimum absolute atomic E-state index is 0.313. The summed E-state index contributed by atoms with van der Waals surface area (Å²) in [5.74, 6) is 1.93. The Morgan fingerprint density at radius 2 is 1.95 bits per heavy atom. The molecule has 1 heterocycles. The number of nitrogens with zero attached hydrogens (tertiary/aromatic N) is 1. The lowest BCUT2D eigenvalue weighted by Gasteiger charge is -2.38. The van der Waals surface area contributed by atoms with Crippen molar-refractivity contribution in [2.24, 2.45) is 5.41 Å². The molecule has 1 saturated heterocycles. The Hall–Kier alpha value is -1.71. The zero-order valence-electron chi connectivity index (χ0n) is 12.0. The van der Waals surface area contributed by atoms with Gasteiger partial charge in [0.25, 0.3) is 0 Å². The SMILES string of the molecule is COc1ccc(OC)c(N2CCC(=O)C(C)(C)C2)c1. The van der Waals surface area contributed by atoms with Crippen LogP contribution in [-0.4, -0.2) is 33.1 Å². The smallest absolute Gasteiger partial charge is 0.142 e. The van der Waals surface area contributed by atoms with Crippen LogP contribution in [0.15, 0.2) is 18.2 Å². The van der Waals surface area contributed by atoms with Crippen LogP contribution in [0.5, 0.6) is 11.5 Å². The molecular formula is C15H21NO3. The van der Waals surface area contributed by atoms with Gasteiger partial charge in [0.15, 0.2) is 0 Å². The maximum atomic E-state index is 11.9. The number of hydrogen-bond acceptors (Lipinski definition) is 4. The van der Waals surface area contributed by atoms with Crippen molar-refractivity contribution in [3.05, 3.63) is 18.2 Å². The van der Waals surface area contributed by atoms with E-state index in [2.05, 4.69) is 4.90 Å². The van der Waals surface area contributed by atoms with Crippen LogP contribution >= 0.6 is 0 Å². The predicted octanol–water partition coefficient (Wildman–Crippen LogP) is 2.51. The molecular weight excluding hydrogens is 242 g/mol. The zero-order valence-corrected chi connectivity index (χ0v) is 12.0. The van der Waals surface area contributed by atoms with Crippen molar-refractivity contribution < 1.29 is 14.3 Å². The lowest BCUT2D eigenvalue weighted by molar-refractivity contribution is -0.127. The normalized spacial score (nSPS) is 18.3. The fourth-order valence-corrected chi connectivity index (χ4v) is 2.47. The van der Waals surface area contributed by atoms with Gasteiger partial charge >= 0.3 is 0 Å². The van der Waals surface area contributed by atoms with E-state index in [-0.39, 0.29) is 5.41 Å². The molecule has 0 atom stereocenters. The first-order chi connectivity index (χ1) is 8.97. The zero-order chi connectivity index (χ0) is 14.0. The molecule has 1 fully saturated rings. The fourth-order valence-electron chi connectivity index (χ4n) is 2.47. The Morgan fingerprint density at radius 1 is 1.21 bits per heavy atom. The van der Waals surface area contributed by atoms with Gasteiger partial charge in [-0.15, -0.1) is 0 Å². The summed E-state index contributed by atoms with van der Waals surface area (Å²) < 4.78 is 10.7. The molecule has 0 N–H and O–H groups in total. The van der Waals surface area contributed by atoms with Crippen LogP contribution in [-0.2, 0) is 4.79 Å². The maximum Gasteiger partial charge on any atom is 0.142 e. The number of piperidine rings is 1. The average Bonchev–Trinajstić information content (AvgIpc) is 2.41. The van der Waals surface area contributed by atoms with Crippen molar-refractivity contribution in [1.29, 1.82) is 0 Å². The summed E-state index contributed by atoms with van der Waals surface area (Å²) in [5.41, 5.74) is 0.675. The molecule has 19 heavy (non-hydrogen) atoms. The number of benzene rings is 1. The van der Waals surface area contributed by atoms with Crippen LogP contribution in [0.4, 0.5) is 5.69 Å². The molecule has 0 aromatic heterocycles. The molecule has 0 radical (unpaired) electrons. The van der Waals surface area contributed by atoms with Crippen molar-refractivity contribution in [2.45, 2.75) is 20.3 Å². The van der Waals surface area contributed by atoms with Crippen molar-refractivity contribution >= 4 is 11.5 Å². The van der Waals surface area contributed by atoms with Gasteiger partial charge in [-0.25, -0.2) is 0 Å². The first-order valence-electron chi connectivity index (χ1n) is 6.48. The van der Waals surface area contributed by atoms with E-state index < -0.39 is 0 Å². The third kappa shape index (κ3) is 2.67. The van der Waals surface area contributed by atoms with E-state index >= 15 is 0 Å². The number of anilines is 1. The van der Waals surface area contributed by atoms with Crippen molar-refractivity contribution in [2.75, 3.05) is 32.2 Å². The minimum atomic E-state index is -0.313. The van der Waals surface area contributed by atoms with Gasteiger partial charge in [-0.05, 0) is 12.1 Å². The summed E-state index contributed by atoms with van der Waals surface area (Å²) in [7, 11) is 3.31. The maximum absolute atomic E-state index is 11.9. The molecule has 0 spiro atoms. The number of carbonyl (C=O) groups excluding carboxylic acids is 1. The largest absolute Gasteiger partial charge is 0.497 e. The van der Waals surface area contributed by atoms with E-state index in [0.717, 1.165) is 23.7 Å². The second kappa shape index (κ2) is 5.11. The first-order valence-corrected chi connectivity index (χ1v) is 6.48. The number of carbonyl (C=O) groups is 1. The molecule has 104 valence electrons. The minimum Gasteiger partial charge on any atom is -0.497 e. The molecule has 0 bridgehead atoms. The summed E-state index contributed by atoms with van der Waals surface area (Å²) in [5, 5.41) is 0. The molecule has 0 aliphatic carbocycles. The number of hydrogen-bond donors (Lipinski definition) is 0. The molecule has 1 aliphatic rings. The number of methoxy groups -OCH3 is 2. The molecule has 1 aromatic carbocycles. The van der Waals surface area contributed by atoms with E-state index in [9.17, 15) is 4.79 Å². The Balaban J connectivity index is 2.33. The summed E-state index contributed by atoms with van der Waals surface area (Å²) >= 11 is 0. The standard InChI is InChI=1S/C15H21NO3/c1-15(2)10-16(8-7-14(15)17)12-9-11(18-3)5-6-13(12)19-4/h5-6,9H,7-8,10H2,1-4H3. The molecule has 4 heteroatoms. The van der Waals surface area contributed by atoms with Crippen LogP contribution in [0.2, 0.25) is 0 Å². The molecule has 0 saturated carbocycles. The highest BCUT2D eigenvalue weighted by Crippen LogP contribution is 2.36. The van der Waals surface area contributed by atoms with Gasteiger partial charge in [0.1, 0.15) is 17.3 Å². The van der Waals surface area contributed by atoms with Gasteiger partial charge in [-0.1, -0.05) is 13.8 Å². The lowest BCUT2D eigenvalue weighted by atomic mass is 9.82. The summed E-state index contributed by atoms with van der Waals surface area (Å²) in [6.07, 6.45) is 0.577. The molecule has 0 unspecified atom stereocenters. The van der Waals surface area contributed by atoms with Gasteiger partial charge in [-0.3, -0.25) is 4.79 Å². The lowest BCUT2D eigenvalue weighted by Crippen LogP contribution is -2.46. The Bertz CT molecular complexity index is 482. The third-order valence-electron chi connectivity index (χ3n) is 3.68. The molecule has 4 nitrogen and oxygen atoms in total. The van der Waals surface area contributed by atoms with Gasteiger partial charge in [-0.2, -0.15) is 0 Å². The molecule has 0 amide bonds. The Labute approximate surface area is 114 Å². The van der Waals surface area contributed by atoms with E-state index in [0.29, 0.717) is 18.7 Å². The van der Waals surface area contributed by atoms with E-state index in [1.165, 1.54) is 0 Å². The Kier molecular flexibility index (Phi) is 3.69. The van der Waals surface area contributed by atoms with Crippen molar-refractivity contribution in [3.63, 3.8) is 0 Å². The van der Waals surface area contributed by atoms with Gasteiger partial charge in [0, 0.05) is 31.0 Å². The average molecular weight is 263 g/mol. The van der Waals surface area contributed by atoms with Crippen molar-refractivity contribution in [3.8, 4) is 11.5 Å². The van der Waals surface area contributed by atoms with E-state index in [1.807, 2.05) is 32.0 Å². The summed E-state index contributed by atoms with van der Waals surface area (Å²) in [6, 6.07) is 5.74. The highest BCUT2D eigenvalue weighted by molar-refractivity contribution is 5.87. The highest BCUT2D eigenvalue weighted by atomic mass is 16.5. The number of Topliss-reactive ketones (excluding diaryl/α,β-unsaturated/α-hetero) is 1. The van der Waals surface area contributed by atoms with Crippen LogP contribution < -0.4 is 14.4 Å². The summed E-state index contributed by atoms with van der Waals surface area (Å²) in [6.45, 7) is 5.42. The molecule has 1 aromatic rings.